The summed E-state index contributed by atoms with van der Waals surface area (Å²) in [5.74, 6) is 2.57. The molecule has 0 aliphatic heterocycles. The van der Waals surface area contributed by atoms with Gasteiger partial charge in [0.1, 0.15) is 0 Å². The van der Waals surface area contributed by atoms with Crippen LogP contribution in [0.25, 0.3) is 0 Å². The first-order valence-corrected chi connectivity index (χ1v) is 14.0. The topological polar surface area (TPSA) is 46.5 Å². The molecule has 8 atom stereocenters. The zero-order chi connectivity index (χ0) is 24.9. The molecule has 8 unspecified atom stereocenters. The first kappa shape index (κ1) is 26.0. The van der Waals surface area contributed by atoms with Gasteiger partial charge in [-0.1, -0.05) is 39.0 Å². The highest BCUT2D eigenvalue weighted by molar-refractivity contribution is 5.69. The third-order valence-electron chi connectivity index (χ3n) is 12.1. The maximum atomic E-state index is 12.2. The minimum atomic E-state index is -0.0927. The number of aliphatic hydroxyl groups excluding tert-OH is 1. The molecule has 0 bridgehead atoms. The third kappa shape index (κ3) is 3.66. The molecule has 34 heavy (non-hydrogen) atoms. The molecule has 3 heteroatoms. The third-order valence-corrected chi connectivity index (χ3v) is 12.1. The van der Waals surface area contributed by atoms with Crippen LogP contribution < -0.4 is 0 Å². The van der Waals surface area contributed by atoms with Crippen LogP contribution in [-0.2, 0) is 9.53 Å². The molecule has 0 amide bonds. The smallest absolute Gasteiger partial charge is 0.305 e. The van der Waals surface area contributed by atoms with Gasteiger partial charge in [-0.05, 0) is 129 Å². The van der Waals surface area contributed by atoms with Gasteiger partial charge in [0, 0.05) is 6.42 Å². The highest BCUT2D eigenvalue weighted by Gasteiger charge is 2.80. The summed E-state index contributed by atoms with van der Waals surface area (Å²) in [4.78, 5) is 12.2. The second-order valence-corrected chi connectivity index (χ2v) is 13.4. The normalized spacial score (nSPS) is 43.2. The Hall–Kier alpha value is -1.09. The van der Waals surface area contributed by atoms with Crippen LogP contribution in [0.3, 0.4) is 0 Å². The Morgan fingerprint density at radius 3 is 2.53 bits per heavy atom. The number of fused-ring (bicyclic) bond motifs is 2. The molecule has 4 saturated carbocycles. The van der Waals surface area contributed by atoms with Crippen molar-refractivity contribution in [3.8, 4) is 0 Å². The zero-order valence-electron chi connectivity index (χ0n) is 22.8. The Bertz CT molecular complexity index is 840. The van der Waals surface area contributed by atoms with Gasteiger partial charge in [-0.25, -0.2) is 0 Å². The lowest BCUT2D eigenvalue weighted by atomic mass is 9.43. The van der Waals surface area contributed by atoms with Gasteiger partial charge in [0.2, 0.25) is 0 Å². The van der Waals surface area contributed by atoms with E-state index < -0.39 is 0 Å². The first-order chi connectivity index (χ1) is 16.0. The number of carbonyl (C=O) groups is 1. The van der Waals surface area contributed by atoms with E-state index in [1.807, 2.05) is 0 Å². The molecule has 1 spiro atoms. The predicted octanol–water partition coefficient (Wildman–Crippen LogP) is 7.49. The summed E-state index contributed by atoms with van der Waals surface area (Å²) < 4.78 is 5.04. The van der Waals surface area contributed by atoms with Gasteiger partial charge in [0.25, 0.3) is 0 Å². The average Bonchev–Trinajstić information content (AvgIpc) is 3.39. The van der Waals surface area contributed by atoms with E-state index in [1.165, 1.54) is 64.0 Å². The number of ether oxygens (including phenoxy) is 1. The van der Waals surface area contributed by atoms with Crippen LogP contribution in [0.15, 0.2) is 23.8 Å². The highest BCUT2D eigenvalue weighted by atomic mass is 16.5. The van der Waals surface area contributed by atoms with Crippen molar-refractivity contribution in [2.75, 3.05) is 13.7 Å². The van der Waals surface area contributed by atoms with E-state index in [2.05, 4.69) is 47.3 Å². The van der Waals surface area contributed by atoms with Crippen molar-refractivity contribution >= 4 is 5.97 Å². The number of aliphatic hydroxyl groups is 1. The molecule has 0 heterocycles. The van der Waals surface area contributed by atoms with Crippen molar-refractivity contribution in [3.05, 3.63) is 23.8 Å². The van der Waals surface area contributed by atoms with E-state index >= 15 is 0 Å². The molecule has 4 fully saturated rings. The molecule has 3 nitrogen and oxygen atoms in total. The van der Waals surface area contributed by atoms with E-state index in [9.17, 15) is 9.90 Å². The Morgan fingerprint density at radius 2 is 1.88 bits per heavy atom. The lowest BCUT2D eigenvalue weighted by Crippen LogP contribution is -2.54. The van der Waals surface area contributed by atoms with Gasteiger partial charge in [0.15, 0.2) is 0 Å². The Morgan fingerprint density at radius 1 is 1.15 bits per heavy atom. The summed E-state index contributed by atoms with van der Waals surface area (Å²) in [5.41, 5.74) is 3.69. The number of methoxy groups -OCH3 is 1. The van der Waals surface area contributed by atoms with Crippen LogP contribution in [0.4, 0.5) is 0 Å². The lowest BCUT2D eigenvalue weighted by molar-refractivity contribution is -0.142. The molecule has 0 aromatic carbocycles. The van der Waals surface area contributed by atoms with Crippen LogP contribution in [0.1, 0.15) is 105 Å². The quantitative estimate of drug-likeness (QED) is 0.280. The van der Waals surface area contributed by atoms with E-state index in [4.69, 9.17) is 4.74 Å². The predicted molar refractivity (Wildman–Crippen MR) is 139 cm³/mol. The van der Waals surface area contributed by atoms with Crippen LogP contribution in [0, 0.1) is 45.3 Å². The van der Waals surface area contributed by atoms with Gasteiger partial charge >= 0.3 is 5.97 Å². The number of rotatable bonds is 9. The van der Waals surface area contributed by atoms with Gasteiger partial charge < -0.3 is 9.84 Å². The largest absolute Gasteiger partial charge is 0.469 e. The van der Waals surface area contributed by atoms with Crippen LogP contribution >= 0.6 is 0 Å². The molecular formula is C31H50O3. The van der Waals surface area contributed by atoms with Crippen molar-refractivity contribution in [1.82, 2.24) is 0 Å². The van der Waals surface area contributed by atoms with Crippen LogP contribution in [-0.4, -0.2) is 24.8 Å². The van der Waals surface area contributed by atoms with Crippen LogP contribution in [0.2, 0.25) is 0 Å². The van der Waals surface area contributed by atoms with E-state index in [0.29, 0.717) is 28.6 Å². The molecule has 4 aliphatic rings. The minimum absolute atomic E-state index is 0.0750. The Balaban J connectivity index is 1.60. The maximum absolute atomic E-state index is 12.2. The number of hydrogen-bond donors (Lipinski definition) is 1. The zero-order valence-corrected chi connectivity index (χ0v) is 22.8. The monoisotopic (exact) mass is 470 g/mol. The standard InChI is InChI=1S/C31H50O3/c1-21(2)9-8-10-22(3)24-13-15-29(6)26-12-11-25(23(4)19-32)30(16-14-27(33)34-7)20-31(26,30)18-17-28(24,29)5/h9,22,24-26,32H,4,8,10-20H2,1-3,5-7H3. The molecular weight excluding hydrogens is 420 g/mol. The molecule has 4 aliphatic carbocycles. The van der Waals surface area contributed by atoms with Crippen molar-refractivity contribution in [2.45, 2.75) is 105 Å². The second-order valence-electron chi connectivity index (χ2n) is 13.4. The molecule has 0 aromatic heterocycles. The maximum Gasteiger partial charge on any atom is 0.305 e. The van der Waals surface area contributed by atoms with Crippen LogP contribution in [0.5, 0.6) is 0 Å². The molecule has 192 valence electrons. The summed E-state index contributed by atoms with van der Waals surface area (Å²) in [6.45, 7) is 16.6. The molecule has 0 aromatic rings. The summed E-state index contributed by atoms with van der Waals surface area (Å²) in [5, 5.41) is 10.0. The highest BCUT2D eigenvalue weighted by Crippen LogP contribution is 2.87. The SMILES string of the molecule is C=C(CO)C1CCC2C3(C)CCC(C(C)CCC=C(C)C)C3(C)CCC23CC13CCC(=O)OC. The van der Waals surface area contributed by atoms with Gasteiger partial charge in [0.05, 0.1) is 13.7 Å². The average molecular weight is 471 g/mol. The lowest BCUT2D eigenvalue weighted by Gasteiger charge is -2.61. The molecule has 0 saturated heterocycles. The van der Waals surface area contributed by atoms with Gasteiger partial charge in [-0.3, -0.25) is 4.79 Å². The summed E-state index contributed by atoms with van der Waals surface area (Å²) in [6.07, 6.45) is 15.3. The van der Waals surface area contributed by atoms with E-state index in [0.717, 1.165) is 36.2 Å². The fourth-order valence-corrected chi connectivity index (χ4v) is 10.2. The number of allylic oxidation sites excluding steroid dienone is 2. The summed E-state index contributed by atoms with van der Waals surface area (Å²) in [6, 6.07) is 0. The number of esters is 1. The van der Waals surface area contributed by atoms with Crippen molar-refractivity contribution in [1.29, 1.82) is 0 Å². The molecule has 4 rings (SSSR count). The van der Waals surface area contributed by atoms with Gasteiger partial charge in [-0.15, -0.1) is 0 Å². The van der Waals surface area contributed by atoms with Crippen molar-refractivity contribution in [3.63, 3.8) is 0 Å². The minimum Gasteiger partial charge on any atom is -0.469 e. The Labute approximate surface area is 208 Å². The second kappa shape index (κ2) is 9.09. The van der Waals surface area contributed by atoms with Gasteiger partial charge in [-0.2, -0.15) is 0 Å². The number of carbonyl (C=O) groups excluding carboxylic acids is 1. The fraction of sp³-hybridized carbons (Fsp3) is 0.839. The molecule has 1 N–H and O–H groups in total. The Kier molecular flexibility index (Phi) is 6.95. The first-order valence-electron chi connectivity index (χ1n) is 14.0. The van der Waals surface area contributed by atoms with Crippen molar-refractivity contribution < 1.29 is 14.6 Å². The summed E-state index contributed by atoms with van der Waals surface area (Å²) >= 11 is 0. The number of hydrogen-bond acceptors (Lipinski definition) is 3. The molecule has 0 radical (unpaired) electrons. The van der Waals surface area contributed by atoms with E-state index in [1.54, 1.807) is 0 Å². The summed E-state index contributed by atoms with van der Waals surface area (Å²) in [7, 11) is 1.50. The van der Waals surface area contributed by atoms with Crippen molar-refractivity contribution in [2.24, 2.45) is 45.3 Å². The van der Waals surface area contributed by atoms with E-state index in [-0.39, 0.29) is 18.0 Å². The fourth-order valence-electron chi connectivity index (χ4n) is 10.2.